The molecule has 0 unspecified atom stereocenters. The van der Waals surface area contributed by atoms with Crippen LogP contribution in [-0.2, 0) is 0 Å². The van der Waals surface area contributed by atoms with Gasteiger partial charge < -0.3 is 9.47 Å². The zero-order valence-electron chi connectivity index (χ0n) is 14.9. The van der Waals surface area contributed by atoms with Crippen molar-refractivity contribution in [1.29, 1.82) is 0 Å². The van der Waals surface area contributed by atoms with Gasteiger partial charge in [-0.1, -0.05) is 0 Å². The summed E-state index contributed by atoms with van der Waals surface area (Å²) < 4.78 is 83.5. The molecule has 0 aromatic carbocycles. The van der Waals surface area contributed by atoms with Gasteiger partial charge in [0.1, 0.15) is 5.82 Å². The third-order valence-corrected chi connectivity index (χ3v) is 3.49. The quantitative estimate of drug-likeness (QED) is 0.594. The topological polar surface area (TPSA) is 89.5 Å². The number of nitrogens with zero attached hydrogens (tertiary/aromatic N) is 4. The summed E-state index contributed by atoms with van der Waals surface area (Å²) in [6.07, 6.45) is -8.05. The third-order valence-electron chi connectivity index (χ3n) is 3.03. The number of halogens is 7. The van der Waals surface area contributed by atoms with E-state index < -0.39 is 49.3 Å². The molecule has 30 heavy (non-hydrogen) atoms. The van der Waals surface area contributed by atoms with Crippen LogP contribution in [-0.4, -0.2) is 53.6 Å². The second-order valence-corrected chi connectivity index (χ2v) is 6.42. The highest BCUT2D eigenvalue weighted by atomic mass is 79.9. The van der Waals surface area contributed by atoms with Crippen LogP contribution in [0.25, 0.3) is 0 Å². The Labute approximate surface area is 173 Å². The van der Waals surface area contributed by atoms with Crippen molar-refractivity contribution >= 4 is 33.7 Å². The van der Waals surface area contributed by atoms with Gasteiger partial charge in [-0.25, -0.2) is 9.78 Å². The number of hydrogen-bond donors (Lipinski definition) is 1. The van der Waals surface area contributed by atoms with Gasteiger partial charge in [0.15, 0.2) is 13.2 Å². The van der Waals surface area contributed by atoms with Crippen molar-refractivity contribution in [2.45, 2.75) is 12.4 Å². The molecule has 0 bridgehead atoms. The van der Waals surface area contributed by atoms with E-state index in [2.05, 4.69) is 45.7 Å². The summed E-state index contributed by atoms with van der Waals surface area (Å²) in [5.41, 5.74) is 0. The van der Waals surface area contributed by atoms with E-state index in [9.17, 15) is 31.1 Å². The van der Waals surface area contributed by atoms with E-state index in [0.29, 0.717) is 10.5 Å². The molecule has 0 fully saturated rings. The van der Waals surface area contributed by atoms with Gasteiger partial charge in [0.2, 0.25) is 17.7 Å². The first-order chi connectivity index (χ1) is 13.8. The van der Waals surface area contributed by atoms with Gasteiger partial charge in [0, 0.05) is 17.7 Å². The Morgan fingerprint density at radius 2 is 1.60 bits per heavy atom. The van der Waals surface area contributed by atoms with E-state index in [1.165, 1.54) is 19.3 Å². The van der Waals surface area contributed by atoms with Crippen molar-refractivity contribution < 1.29 is 40.6 Å². The molecule has 1 N–H and O–H groups in total. The summed E-state index contributed by atoms with van der Waals surface area (Å²) in [6.45, 7) is -3.53. The molecule has 0 radical (unpaired) electrons. The van der Waals surface area contributed by atoms with Gasteiger partial charge in [0.05, 0.1) is 6.07 Å². The number of hydrogen-bond acceptors (Lipinski definition) is 6. The molecular weight excluding hydrogens is 492 g/mol. The second-order valence-electron chi connectivity index (χ2n) is 5.50. The normalized spacial score (nSPS) is 11.7. The maximum Gasteiger partial charge on any atom is 0.422 e. The van der Waals surface area contributed by atoms with Gasteiger partial charge in [-0.3, -0.25) is 10.2 Å². The summed E-state index contributed by atoms with van der Waals surface area (Å²) in [6, 6.07) is 2.83. The molecule has 2 heterocycles. The Morgan fingerprint density at radius 3 is 2.03 bits per heavy atom. The molecule has 2 aromatic rings. The first-order valence-electron chi connectivity index (χ1n) is 7.77. The molecule has 2 amide bonds. The number of carbonyl (C=O) groups is 1. The Balaban J connectivity index is 2.20. The summed E-state index contributed by atoms with van der Waals surface area (Å²) in [4.78, 5) is 24.3. The Bertz CT molecular complexity index is 842. The van der Waals surface area contributed by atoms with Gasteiger partial charge in [0.25, 0.3) is 0 Å². The maximum atomic E-state index is 12.3. The second kappa shape index (κ2) is 9.32. The molecule has 0 atom stereocenters. The summed E-state index contributed by atoms with van der Waals surface area (Å²) >= 11 is 3.17. The molecular formula is C15H12BrF6N5O3. The highest BCUT2D eigenvalue weighted by Gasteiger charge is 2.30. The fraction of sp³-hybridized carbons (Fsp3) is 0.333. The van der Waals surface area contributed by atoms with Crippen molar-refractivity contribution in [3.8, 4) is 11.8 Å². The molecule has 0 aliphatic rings. The summed E-state index contributed by atoms with van der Waals surface area (Å²) in [7, 11) is 1.32. The van der Waals surface area contributed by atoms with Crippen molar-refractivity contribution in [1.82, 2.24) is 15.0 Å². The number of urea groups is 1. The van der Waals surface area contributed by atoms with Crippen LogP contribution >= 0.6 is 15.9 Å². The van der Waals surface area contributed by atoms with Crippen molar-refractivity contribution in [2.24, 2.45) is 0 Å². The number of rotatable bonds is 6. The molecule has 8 nitrogen and oxygen atoms in total. The molecule has 2 aromatic heterocycles. The van der Waals surface area contributed by atoms with E-state index in [1.807, 2.05) is 0 Å². The standard InChI is InChI=1S/C15H12BrF6N5O3/c1-27(9-3-2-8(16)5-23-9)13(28)26-12-24-10(29-6-14(17,18)19)4-11(25-12)30-7-15(20,21)22/h2-5H,6-7H2,1H3,(H,24,25,26,28). The molecule has 0 saturated heterocycles. The Kier molecular flexibility index (Phi) is 7.28. The minimum Gasteiger partial charge on any atom is -0.468 e. The highest BCUT2D eigenvalue weighted by molar-refractivity contribution is 9.10. The minimum atomic E-state index is -4.73. The lowest BCUT2D eigenvalue weighted by Gasteiger charge is -2.17. The number of amides is 2. The number of aromatic nitrogens is 3. The lowest BCUT2D eigenvalue weighted by Crippen LogP contribution is -2.32. The molecule has 0 saturated carbocycles. The Hall–Kier alpha value is -2.84. The fourth-order valence-electron chi connectivity index (χ4n) is 1.77. The third kappa shape index (κ3) is 7.88. The molecule has 0 spiro atoms. The van der Waals surface area contributed by atoms with E-state index in [4.69, 9.17) is 0 Å². The molecule has 15 heteroatoms. The number of carbonyl (C=O) groups excluding carboxylic acids is 1. The predicted octanol–water partition coefficient (Wildman–Crippen LogP) is 4.18. The molecule has 0 aliphatic carbocycles. The first kappa shape index (κ1) is 23.4. The van der Waals surface area contributed by atoms with Gasteiger partial charge in [-0.15, -0.1) is 0 Å². The summed E-state index contributed by atoms with van der Waals surface area (Å²) in [5.74, 6) is -1.95. The van der Waals surface area contributed by atoms with E-state index >= 15 is 0 Å². The van der Waals surface area contributed by atoms with Crippen LogP contribution in [0.1, 0.15) is 0 Å². The SMILES string of the molecule is CN(C(=O)Nc1nc(OCC(F)(F)F)cc(OCC(F)(F)F)n1)c1ccc(Br)cn1. The number of nitrogens with one attached hydrogen (secondary N) is 1. The van der Waals surface area contributed by atoms with Crippen LogP contribution < -0.4 is 19.7 Å². The van der Waals surface area contributed by atoms with Crippen molar-refractivity contribution in [3.05, 3.63) is 28.9 Å². The first-order valence-corrected chi connectivity index (χ1v) is 8.56. The lowest BCUT2D eigenvalue weighted by molar-refractivity contribution is -0.154. The number of pyridine rings is 1. The number of anilines is 2. The highest BCUT2D eigenvalue weighted by Crippen LogP contribution is 2.24. The van der Waals surface area contributed by atoms with E-state index in [0.717, 1.165) is 4.90 Å². The average Bonchev–Trinajstić information content (AvgIpc) is 2.63. The minimum absolute atomic E-state index is 0.189. The van der Waals surface area contributed by atoms with E-state index in [1.54, 1.807) is 6.07 Å². The lowest BCUT2D eigenvalue weighted by atomic mass is 10.4. The fourth-order valence-corrected chi connectivity index (χ4v) is 2.00. The molecule has 0 aliphatic heterocycles. The van der Waals surface area contributed by atoms with Crippen LogP contribution in [0.3, 0.4) is 0 Å². The monoisotopic (exact) mass is 503 g/mol. The Morgan fingerprint density at radius 1 is 1.07 bits per heavy atom. The molecule has 2 rings (SSSR count). The van der Waals surface area contributed by atoms with Crippen molar-refractivity contribution in [3.63, 3.8) is 0 Å². The van der Waals surface area contributed by atoms with Gasteiger partial charge >= 0.3 is 18.4 Å². The van der Waals surface area contributed by atoms with Gasteiger partial charge in [-0.05, 0) is 28.1 Å². The zero-order chi connectivity index (χ0) is 22.5. The predicted molar refractivity (Wildman–Crippen MR) is 94.5 cm³/mol. The maximum absolute atomic E-state index is 12.3. The van der Waals surface area contributed by atoms with Crippen LogP contribution in [0, 0.1) is 0 Å². The zero-order valence-corrected chi connectivity index (χ0v) is 16.5. The molecule has 164 valence electrons. The van der Waals surface area contributed by atoms with Crippen LogP contribution in [0.5, 0.6) is 11.8 Å². The largest absolute Gasteiger partial charge is 0.468 e. The van der Waals surface area contributed by atoms with Crippen molar-refractivity contribution in [2.75, 3.05) is 30.5 Å². The average molecular weight is 504 g/mol. The van der Waals surface area contributed by atoms with Crippen LogP contribution in [0.15, 0.2) is 28.9 Å². The van der Waals surface area contributed by atoms with E-state index in [-0.39, 0.29) is 5.82 Å². The van der Waals surface area contributed by atoms with Gasteiger partial charge in [-0.2, -0.15) is 36.3 Å². The summed E-state index contributed by atoms with van der Waals surface area (Å²) in [5, 5.41) is 2.12. The van der Waals surface area contributed by atoms with Crippen LogP contribution in [0.4, 0.5) is 42.9 Å². The smallest absolute Gasteiger partial charge is 0.422 e. The number of alkyl halides is 6. The van der Waals surface area contributed by atoms with Crippen LogP contribution in [0.2, 0.25) is 0 Å². The number of ether oxygens (including phenoxy) is 2.